The summed E-state index contributed by atoms with van der Waals surface area (Å²) in [5, 5.41) is 4.21. The number of carbonyl (C=O) groups excluding carboxylic acids is 2. The lowest BCUT2D eigenvalue weighted by atomic mass is 10.1. The van der Waals surface area contributed by atoms with Gasteiger partial charge in [0.2, 0.25) is 0 Å². The first kappa shape index (κ1) is 20.5. The summed E-state index contributed by atoms with van der Waals surface area (Å²) in [5.41, 5.74) is 0.552. The van der Waals surface area contributed by atoms with Gasteiger partial charge in [-0.3, -0.25) is 4.79 Å². The highest BCUT2D eigenvalue weighted by Crippen LogP contribution is 2.34. The number of carbonyl (C=O) groups is 2. The SMILES string of the molecule is Cc1ccc(-c2nc(C(=O)OCC(=O)Nc3ccccc3C(F)(F)F)cs2)cc1. The number of anilines is 1. The molecule has 0 unspecified atom stereocenters. The average molecular weight is 420 g/mol. The van der Waals surface area contributed by atoms with Gasteiger partial charge in [0.25, 0.3) is 5.91 Å². The number of hydrogen-bond donors (Lipinski definition) is 1. The van der Waals surface area contributed by atoms with Gasteiger partial charge in [0.1, 0.15) is 5.01 Å². The second-order valence-corrected chi connectivity index (χ2v) is 6.93. The van der Waals surface area contributed by atoms with Crippen molar-refractivity contribution in [2.45, 2.75) is 13.1 Å². The first-order valence-electron chi connectivity index (χ1n) is 8.40. The van der Waals surface area contributed by atoms with E-state index in [2.05, 4.69) is 10.3 Å². The van der Waals surface area contributed by atoms with Crippen molar-refractivity contribution in [1.82, 2.24) is 4.98 Å². The van der Waals surface area contributed by atoms with Crippen LogP contribution in [0.3, 0.4) is 0 Å². The molecule has 2 aromatic carbocycles. The third-order valence-electron chi connectivity index (χ3n) is 3.85. The van der Waals surface area contributed by atoms with Crippen LogP contribution < -0.4 is 5.32 Å². The maximum atomic E-state index is 13.0. The van der Waals surface area contributed by atoms with Gasteiger partial charge >= 0.3 is 12.1 Å². The van der Waals surface area contributed by atoms with Gasteiger partial charge in [0, 0.05) is 10.9 Å². The molecule has 0 aliphatic rings. The van der Waals surface area contributed by atoms with Crippen LogP contribution in [0.4, 0.5) is 18.9 Å². The fraction of sp³-hybridized carbons (Fsp3) is 0.150. The Hall–Kier alpha value is -3.20. The molecular weight excluding hydrogens is 405 g/mol. The van der Waals surface area contributed by atoms with Crippen LogP contribution in [0.5, 0.6) is 0 Å². The Kier molecular flexibility index (Phi) is 5.97. The molecular formula is C20H15F3N2O3S. The predicted molar refractivity (Wildman–Crippen MR) is 103 cm³/mol. The monoisotopic (exact) mass is 420 g/mol. The first-order valence-corrected chi connectivity index (χ1v) is 9.28. The van der Waals surface area contributed by atoms with E-state index in [-0.39, 0.29) is 5.69 Å². The van der Waals surface area contributed by atoms with Crippen molar-refractivity contribution in [3.8, 4) is 10.6 Å². The number of amides is 1. The number of thiazole rings is 1. The molecule has 0 aliphatic heterocycles. The predicted octanol–water partition coefficient (Wildman–Crippen LogP) is 4.93. The molecule has 0 aliphatic carbocycles. The summed E-state index contributed by atoms with van der Waals surface area (Å²) < 4.78 is 43.7. The Morgan fingerprint density at radius 1 is 1.10 bits per heavy atom. The van der Waals surface area contributed by atoms with E-state index in [1.807, 2.05) is 31.2 Å². The van der Waals surface area contributed by atoms with E-state index in [0.29, 0.717) is 5.01 Å². The highest BCUT2D eigenvalue weighted by Gasteiger charge is 2.33. The fourth-order valence-corrected chi connectivity index (χ4v) is 3.22. The largest absolute Gasteiger partial charge is 0.451 e. The lowest BCUT2D eigenvalue weighted by molar-refractivity contribution is -0.137. The summed E-state index contributed by atoms with van der Waals surface area (Å²) in [6, 6.07) is 12.1. The summed E-state index contributed by atoms with van der Waals surface area (Å²) in [7, 11) is 0. The zero-order valence-corrected chi connectivity index (χ0v) is 15.9. The number of ether oxygens (including phenoxy) is 1. The van der Waals surface area contributed by atoms with E-state index in [1.165, 1.54) is 28.8 Å². The Balaban J connectivity index is 1.60. The standard InChI is InChI=1S/C20H15F3N2O3S/c1-12-6-8-13(9-7-12)18-25-16(11-29-18)19(27)28-10-17(26)24-15-5-3-2-4-14(15)20(21,22)23/h2-9,11H,10H2,1H3,(H,24,26). The summed E-state index contributed by atoms with van der Waals surface area (Å²) >= 11 is 1.24. The molecule has 0 bridgehead atoms. The number of benzene rings is 2. The van der Waals surface area contributed by atoms with Gasteiger partial charge in [-0.25, -0.2) is 9.78 Å². The van der Waals surface area contributed by atoms with Crippen LogP contribution in [0.2, 0.25) is 0 Å². The van der Waals surface area contributed by atoms with Crippen molar-refractivity contribution in [2.75, 3.05) is 11.9 Å². The van der Waals surface area contributed by atoms with Gasteiger partial charge in [0.15, 0.2) is 12.3 Å². The van der Waals surface area contributed by atoms with E-state index >= 15 is 0 Å². The van der Waals surface area contributed by atoms with Gasteiger partial charge in [0.05, 0.1) is 11.3 Å². The Bertz CT molecular complexity index is 1030. The molecule has 0 radical (unpaired) electrons. The third-order valence-corrected chi connectivity index (χ3v) is 4.74. The molecule has 0 fully saturated rings. The van der Waals surface area contributed by atoms with Gasteiger partial charge < -0.3 is 10.1 Å². The van der Waals surface area contributed by atoms with Crippen LogP contribution in [0.1, 0.15) is 21.6 Å². The van der Waals surface area contributed by atoms with Crippen LogP contribution in [-0.4, -0.2) is 23.5 Å². The van der Waals surface area contributed by atoms with Crippen LogP contribution in [0.25, 0.3) is 10.6 Å². The molecule has 150 valence electrons. The quantitative estimate of drug-likeness (QED) is 0.594. The van der Waals surface area contributed by atoms with Crippen molar-refractivity contribution >= 4 is 28.9 Å². The zero-order chi connectivity index (χ0) is 21.0. The molecule has 0 saturated heterocycles. The summed E-state index contributed by atoms with van der Waals surface area (Å²) in [6.45, 7) is 1.22. The summed E-state index contributed by atoms with van der Waals surface area (Å²) in [5.74, 6) is -1.72. The summed E-state index contributed by atoms with van der Waals surface area (Å²) in [4.78, 5) is 28.2. The van der Waals surface area contributed by atoms with E-state index in [1.54, 1.807) is 0 Å². The Morgan fingerprint density at radius 3 is 2.48 bits per heavy atom. The number of hydrogen-bond acceptors (Lipinski definition) is 5. The Labute approximate surface area is 168 Å². The number of aromatic nitrogens is 1. The minimum Gasteiger partial charge on any atom is -0.451 e. The van der Waals surface area contributed by atoms with Crippen molar-refractivity contribution < 1.29 is 27.5 Å². The fourth-order valence-electron chi connectivity index (χ4n) is 2.43. The molecule has 3 aromatic rings. The van der Waals surface area contributed by atoms with E-state index in [9.17, 15) is 22.8 Å². The normalized spacial score (nSPS) is 11.2. The van der Waals surface area contributed by atoms with Crippen LogP contribution in [0, 0.1) is 6.92 Å². The molecule has 9 heteroatoms. The van der Waals surface area contributed by atoms with Crippen LogP contribution >= 0.6 is 11.3 Å². The smallest absolute Gasteiger partial charge is 0.418 e. The Morgan fingerprint density at radius 2 is 1.79 bits per heavy atom. The molecule has 1 aromatic heterocycles. The number of esters is 1. The number of aryl methyl sites for hydroxylation is 1. The van der Waals surface area contributed by atoms with Gasteiger partial charge in [-0.1, -0.05) is 42.0 Å². The van der Waals surface area contributed by atoms with Gasteiger partial charge in [-0.05, 0) is 19.1 Å². The van der Waals surface area contributed by atoms with Crippen molar-refractivity contribution in [3.63, 3.8) is 0 Å². The first-order chi connectivity index (χ1) is 13.7. The minimum atomic E-state index is -4.62. The molecule has 3 rings (SSSR count). The number of halogens is 3. The number of alkyl halides is 3. The van der Waals surface area contributed by atoms with E-state index in [4.69, 9.17) is 4.74 Å². The van der Waals surface area contributed by atoms with Gasteiger partial charge in [-0.2, -0.15) is 13.2 Å². The number of para-hydroxylation sites is 1. The summed E-state index contributed by atoms with van der Waals surface area (Å²) in [6.07, 6.45) is -4.62. The van der Waals surface area contributed by atoms with Gasteiger partial charge in [-0.15, -0.1) is 11.3 Å². The second kappa shape index (κ2) is 8.44. The number of nitrogens with one attached hydrogen (secondary N) is 1. The topological polar surface area (TPSA) is 68.3 Å². The molecule has 0 spiro atoms. The van der Waals surface area contributed by atoms with E-state index in [0.717, 1.165) is 23.3 Å². The molecule has 1 heterocycles. The second-order valence-electron chi connectivity index (χ2n) is 6.07. The maximum Gasteiger partial charge on any atom is 0.418 e. The molecule has 5 nitrogen and oxygen atoms in total. The highest BCUT2D eigenvalue weighted by molar-refractivity contribution is 7.13. The average Bonchev–Trinajstić information content (AvgIpc) is 3.16. The van der Waals surface area contributed by atoms with E-state index < -0.39 is 35.9 Å². The molecule has 0 saturated carbocycles. The molecule has 1 N–H and O–H groups in total. The van der Waals surface area contributed by atoms with Crippen molar-refractivity contribution in [3.05, 3.63) is 70.7 Å². The lowest BCUT2D eigenvalue weighted by Gasteiger charge is -2.13. The van der Waals surface area contributed by atoms with Crippen LogP contribution in [-0.2, 0) is 15.7 Å². The van der Waals surface area contributed by atoms with Crippen molar-refractivity contribution in [2.24, 2.45) is 0 Å². The minimum absolute atomic E-state index is 0.0223. The zero-order valence-electron chi connectivity index (χ0n) is 15.1. The molecule has 1 amide bonds. The van der Waals surface area contributed by atoms with Crippen LogP contribution in [0.15, 0.2) is 53.9 Å². The number of rotatable bonds is 5. The maximum absolute atomic E-state index is 13.0. The van der Waals surface area contributed by atoms with Crippen molar-refractivity contribution in [1.29, 1.82) is 0 Å². The molecule has 29 heavy (non-hydrogen) atoms. The lowest BCUT2D eigenvalue weighted by Crippen LogP contribution is -2.22. The highest BCUT2D eigenvalue weighted by atomic mass is 32.1. The molecule has 0 atom stereocenters. The number of nitrogens with zero attached hydrogens (tertiary/aromatic N) is 1. The third kappa shape index (κ3) is 5.20.